The van der Waals surface area contributed by atoms with E-state index in [1.807, 2.05) is 19.1 Å². The average Bonchev–Trinajstić information content (AvgIpc) is 3.06. The van der Waals surface area contributed by atoms with E-state index in [1.54, 1.807) is 30.5 Å². The van der Waals surface area contributed by atoms with Crippen LogP contribution in [0.1, 0.15) is 11.3 Å². The van der Waals surface area contributed by atoms with Crippen LogP contribution in [0.2, 0.25) is 5.02 Å². The van der Waals surface area contributed by atoms with Gasteiger partial charge in [0.15, 0.2) is 5.17 Å². The highest BCUT2D eigenvalue weighted by molar-refractivity contribution is 8.18. The first-order valence-electron chi connectivity index (χ1n) is 6.21. The van der Waals surface area contributed by atoms with Gasteiger partial charge in [0.2, 0.25) is 0 Å². The smallest absolute Gasteiger partial charge is 0.264 e. The highest BCUT2D eigenvalue weighted by Crippen LogP contribution is 2.29. The molecule has 0 spiro atoms. The Labute approximate surface area is 130 Å². The van der Waals surface area contributed by atoms with Crippen LogP contribution >= 0.6 is 23.4 Å². The van der Waals surface area contributed by atoms with Gasteiger partial charge in [-0.2, -0.15) is 0 Å². The maximum Gasteiger partial charge on any atom is 0.264 e. The molecule has 1 aromatic heterocycles. The standard InChI is InChI=1S/C15H11ClN2O2S/c1-9-4-5-10(7-12(9)16)17-15-18-14(19)13(21-15)8-11-3-2-6-20-11/h2-8H,1H3,(H,17,18,19)/b13-8-. The highest BCUT2D eigenvalue weighted by atomic mass is 35.5. The molecule has 1 aliphatic heterocycles. The number of nitrogens with one attached hydrogen (secondary N) is 1. The Kier molecular flexibility index (Phi) is 3.86. The summed E-state index contributed by atoms with van der Waals surface area (Å²) in [6.07, 6.45) is 3.25. The SMILES string of the molecule is Cc1ccc(N=C2NC(=O)/C(=C/c3ccco3)S2)cc1Cl. The minimum atomic E-state index is -0.187. The molecule has 106 valence electrons. The van der Waals surface area contributed by atoms with Crippen molar-refractivity contribution < 1.29 is 9.21 Å². The molecule has 0 unspecified atom stereocenters. The van der Waals surface area contributed by atoms with E-state index in [0.717, 1.165) is 5.56 Å². The lowest BCUT2D eigenvalue weighted by Gasteiger charge is -2.00. The van der Waals surface area contributed by atoms with Crippen molar-refractivity contribution in [3.05, 3.63) is 57.8 Å². The second kappa shape index (κ2) is 5.79. The molecule has 4 nitrogen and oxygen atoms in total. The third-order valence-electron chi connectivity index (χ3n) is 2.85. The van der Waals surface area contributed by atoms with Gasteiger partial charge in [-0.1, -0.05) is 17.7 Å². The highest BCUT2D eigenvalue weighted by Gasteiger charge is 2.24. The molecule has 0 saturated carbocycles. The van der Waals surface area contributed by atoms with Gasteiger partial charge in [-0.25, -0.2) is 4.99 Å². The maximum atomic E-state index is 11.9. The van der Waals surface area contributed by atoms with Gasteiger partial charge >= 0.3 is 0 Å². The average molecular weight is 319 g/mol. The van der Waals surface area contributed by atoms with E-state index in [9.17, 15) is 4.79 Å². The third-order valence-corrected chi connectivity index (χ3v) is 4.17. The quantitative estimate of drug-likeness (QED) is 0.847. The number of benzene rings is 1. The molecule has 0 radical (unpaired) electrons. The predicted octanol–water partition coefficient (Wildman–Crippen LogP) is 4.13. The lowest BCUT2D eigenvalue weighted by molar-refractivity contribution is -0.115. The topological polar surface area (TPSA) is 54.6 Å². The third kappa shape index (κ3) is 3.20. The van der Waals surface area contributed by atoms with Gasteiger partial charge < -0.3 is 9.73 Å². The minimum Gasteiger partial charge on any atom is -0.465 e. The van der Waals surface area contributed by atoms with Crippen molar-refractivity contribution in [2.45, 2.75) is 6.92 Å². The fraction of sp³-hybridized carbons (Fsp3) is 0.0667. The molecule has 1 aliphatic rings. The van der Waals surface area contributed by atoms with E-state index in [2.05, 4.69) is 10.3 Å². The lowest BCUT2D eigenvalue weighted by Crippen LogP contribution is -2.19. The number of carbonyl (C=O) groups is 1. The van der Waals surface area contributed by atoms with Gasteiger partial charge in [-0.15, -0.1) is 0 Å². The fourth-order valence-corrected chi connectivity index (χ4v) is 2.75. The van der Waals surface area contributed by atoms with E-state index >= 15 is 0 Å². The molecular formula is C15H11ClN2O2S. The van der Waals surface area contributed by atoms with Crippen LogP contribution in [-0.4, -0.2) is 11.1 Å². The molecule has 2 heterocycles. The molecule has 21 heavy (non-hydrogen) atoms. The number of nitrogens with zero attached hydrogens (tertiary/aromatic N) is 1. The predicted molar refractivity (Wildman–Crippen MR) is 85.7 cm³/mol. The monoisotopic (exact) mass is 318 g/mol. The molecule has 1 N–H and O–H groups in total. The Morgan fingerprint density at radius 3 is 2.95 bits per heavy atom. The van der Waals surface area contributed by atoms with E-state index in [0.29, 0.717) is 26.5 Å². The van der Waals surface area contributed by atoms with Crippen molar-refractivity contribution in [3.8, 4) is 0 Å². The van der Waals surface area contributed by atoms with Crippen molar-refractivity contribution in [1.29, 1.82) is 0 Å². The zero-order valence-electron chi connectivity index (χ0n) is 11.1. The number of aliphatic imine (C=N–C) groups is 1. The minimum absolute atomic E-state index is 0.187. The molecule has 3 rings (SSSR count). The first kappa shape index (κ1) is 14.0. The number of halogens is 1. The first-order valence-corrected chi connectivity index (χ1v) is 7.40. The summed E-state index contributed by atoms with van der Waals surface area (Å²) in [5.41, 5.74) is 1.69. The molecule has 1 amide bonds. The van der Waals surface area contributed by atoms with Gasteiger partial charge in [0.1, 0.15) is 5.76 Å². The zero-order chi connectivity index (χ0) is 14.8. The molecule has 1 aromatic carbocycles. The summed E-state index contributed by atoms with van der Waals surface area (Å²) in [5, 5.41) is 3.90. The molecule has 0 aliphatic carbocycles. The van der Waals surface area contributed by atoms with E-state index < -0.39 is 0 Å². The Morgan fingerprint density at radius 2 is 2.24 bits per heavy atom. The number of carbonyl (C=O) groups excluding carboxylic acids is 1. The normalized spacial score (nSPS) is 18.5. The van der Waals surface area contributed by atoms with Crippen LogP contribution in [-0.2, 0) is 4.79 Å². The zero-order valence-corrected chi connectivity index (χ0v) is 12.7. The van der Waals surface area contributed by atoms with Crippen LogP contribution in [0.3, 0.4) is 0 Å². The van der Waals surface area contributed by atoms with Crippen LogP contribution in [0, 0.1) is 6.92 Å². The fourth-order valence-electron chi connectivity index (χ4n) is 1.75. The summed E-state index contributed by atoms with van der Waals surface area (Å²) in [5.74, 6) is 0.445. The first-order chi connectivity index (χ1) is 10.1. The second-order valence-electron chi connectivity index (χ2n) is 4.43. The van der Waals surface area contributed by atoms with Crippen LogP contribution < -0.4 is 5.32 Å². The number of thioether (sulfide) groups is 1. The van der Waals surface area contributed by atoms with Crippen LogP contribution in [0.4, 0.5) is 5.69 Å². The number of hydrogen-bond donors (Lipinski definition) is 1. The Bertz CT molecular complexity index is 751. The Hall–Kier alpha value is -1.98. The van der Waals surface area contributed by atoms with Crippen molar-refractivity contribution in [2.75, 3.05) is 0 Å². The van der Waals surface area contributed by atoms with Gasteiger partial charge in [0.25, 0.3) is 5.91 Å². The van der Waals surface area contributed by atoms with Crippen molar-refractivity contribution >= 4 is 46.2 Å². The molecule has 1 fully saturated rings. The summed E-state index contributed by atoms with van der Waals surface area (Å²) in [6.45, 7) is 1.93. The van der Waals surface area contributed by atoms with Gasteiger partial charge in [-0.3, -0.25) is 4.79 Å². The van der Waals surface area contributed by atoms with Gasteiger partial charge in [0, 0.05) is 11.1 Å². The maximum absolute atomic E-state index is 11.9. The molecule has 0 bridgehead atoms. The molecule has 6 heteroatoms. The van der Waals surface area contributed by atoms with Crippen LogP contribution in [0.5, 0.6) is 0 Å². The van der Waals surface area contributed by atoms with E-state index in [4.69, 9.17) is 16.0 Å². The number of rotatable bonds is 2. The van der Waals surface area contributed by atoms with Gasteiger partial charge in [0.05, 0.1) is 16.9 Å². The summed E-state index contributed by atoms with van der Waals surface area (Å²) in [6, 6.07) is 9.08. The number of furan rings is 1. The van der Waals surface area contributed by atoms with Crippen molar-refractivity contribution in [1.82, 2.24) is 5.32 Å². The van der Waals surface area contributed by atoms with Gasteiger partial charge in [-0.05, 0) is 48.5 Å². The molecule has 2 aromatic rings. The van der Waals surface area contributed by atoms with Crippen molar-refractivity contribution in [2.24, 2.45) is 4.99 Å². The molecule has 0 atom stereocenters. The summed E-state index contributed by atoms with van der Waals surface area (Å²) >= 11 is 7.33. The number of amidine groups is 1. The van der Waals surface area contributed by atoms with E-state index in [1.165, 1.54) is 11.8 Å². The molecule has 1 saturated heterocycles. The summed E-state index contributed by atoms with van der Waals surface area (Å²) in [7, 11) is 0. The Balaban J connectivity index is 1.83. The number of amides is 1. The molecular weight excluding hydrogens is 308 g/mol. The second-order valence-corrected chi connectivity index (χ2v) is 5.87. The summed E-state index contributed by atoms with van der Waals surface area (Å²) < 4.78 is 5.20. The largest absolute Gasteiger partial charge is 0.465 e. The number of hydrogen-bond acceptors (Lipinski definition) is 4. The van der Waals surface area contributed by atoms with E-state index in [-0.39, 0.29) is 5.91 Å². The number of aryl methyl sites for hydroxylation is 1. The lowest BCUT2D eigenvalue weighted by atomic mass is 10.2. The Morgan fingerprint density at radius 1 is 1.38 bits per heavy atom. The summed E-state index contributed by atoms with van der Waals surface area (Å²) in [4.78, 5) is 16.8. The van der Waals surface area contributed by atoms with Crippen molar-refractivity contribution in [3.63, 3.8) is 0 Å². The van der Waals surface area contributed by atoms with Crippen LogP contribution in [0.15, 0.2) is 50.9 Å². The van der Waals surface area contributed by atoms with Crippen LogP contribution in [0.25, 0.3) is 6.08 Å².